The molecule has 0 N–H and O–H groups in total. The molecule has 5 rings (SSSR count). The van der Waals surface area contributed by atoms with Gasteiger partial charge in [0.15, 0.2) is 0 Å². The third-order valence-electron chi connectivity index (χ3n) is 5.53. The molecule has 1 aromatic carbocycles. The second-order valence-corrected chi connectivity index (χ2v) is 8.49. The Labute approximate surface area is 173 Å². The van der Waals surface area contributed by atoms with Gasteiger partial charge in [-0.2, -0.15) is 5.10 Å². The molecule has 2 fully saturated rings. The number of carbonyl (C=O) groups excluding carboxylic acids is 2. The van der Waals surface area contributed by atoms with Crippen LogP contribution in [0.15, 0.2) is 54.0 Å². The van der Waals surface area contributed by atoms with Gasteiger partial charge in [-0.3, -0.25) is 9.59 Å². The molecule has 0 atom stereocenters. The molecule has 148 valence electrons. The number of nitrogens with zero attached hydrogens (tertiary/aromatic N) is 4. The SMILES string of the molecule is O=C(c1cn(-c2ccccc2)nc1-c1cccs1)N1CCN(C(=O)C2CC2)CC1. The minimum atomic E-state index is -0.0193. The van der Waals surface area contributed by atoms with Crippen LogP contribution in [-0.4, -0.2) is 57.6 Å². The first-order valence-electron chi connectivity index (χ1n) is 9.98. The monoisotopic (exact) mass is 406 g/mol. The van der Waals surface area contributed by atoms with Gasteiger partial charge in [0.1, 0.15) is 5.69 Å². The van der Waals surface area contributed by atoms with E-state index in [0.29, 0.717) is 37.4 Å². The number of para-hydroxylation sites is 1. The maximum Gasteiger partial charge on any atom is 0.257 e. The number of amides is 2. The molecule has 6 nitrogen and oxygen atoms in total. The van der Waals surface area contributed by atoms with Crippen molar-refractivity contribution in [1.82, 2.24) is 19.6 Å². The van der Waals surface area contributed by atoms with Crippen LogP contribution in [0.2, 0.25) is 0 Å². The van der Waals surface area contributed by atoms with Gasteiger partial charge in [-0.05, 0) is 36.4 Å². The van der Waals surface area contributed by atoms with Crippen LogP contribution in [0.5, 0.6) is 0 Å². The smallest absolute Gasteiger partial charge is 0.257 e. The quantitative estimate of drug-likeness (QED) is 0.668. The molecule has 2 aliphatic rings. The summed E-state index contributed by atoms with van der Waals surface area (Å²) in [5, 5.41) is 6.72. The van der Waals surface area contributed by atoms with Crippen molar-refractivity contribution in [2.24, 2.45) is 5.92 Å². The van der Waals surface area contributed by atoms with Crippen molar-refractivity contribution < 1.29 is 9.59 Å². The highest BCUT2D eigenvalue weighted by Crippen LogP contribution is 2.32. The Morgan fingerprint density at radius 1 is 0.931 bits per heavy atom. The van der Waals surface area contributed by atoms with Crippen molar-refractivity contribution in [3.8, 4) is 16.3 Å². The largest absolute Gasteiger partial charge is 0.339 e. The molecule has 7 heteroatoms. The Balaban J connectivity index is 1.40. The van der Waals surface area contributed by atoms with Crippen LogP contribution in [0.3, 0.4) is 0 Å². The summed E-state index contributed by atoms with van der Waals surface area (Å²) in [5.41, 5.74) is 2.24. The Morgan fingerprint density at radius 2 is 1.66 bits per heavy atom. The first-order chi connectivity index (χ1) is 14.2. The van der Waals surface area contributed by atoms with Crippen molar-refractivity contribution in [2.75, 3.05) is 26.2 Å². The minimum Gasteiger partial charge on any atom is -0.339 e. The van der Waals surface area contributed by atoms with E-state index in [9.17, 15) is 9.59 Å². The molecule has 0 spiro atoms. The zero-order chi connectivity index (χ0) is 19.8. The lowest BCUT2D eigenvalue weighted by Crippen LogP contribution is -2.51. The average Bonchev–Trinajstić information content (AvgIpc) is 3.29. The highest BCUT2D eigenvalue weighted by atomic mass is 32.1. The predicted molar refractivity (Wildman–Crippen MR) is 112 cm³/mol. The van der Waals surface area contributed by atoms with Crippen molar-refractivity contribution >= 4 is 23.2 Å². The summed E-state index contributed by atoms with van der Waals surface area (Å²) >= 11 is 1.58. The lowest BCUT2D eigenvalue weighted by Gasteiger charge is -2.34. The summed E-state index contributed by atoms with van der Waals surface area (Å²) in [4.78, 5) is 30.4. The molecule has 1 aliphatic carbocycles. The fourth-order valence-electron chi connectivity index (χ4n) is 3.73. The lowest BCUT2D eigenvalue weighted by molar-refractivity contribution is -0.134. The standard InChI is InChI=1S/C22H22N4O2S/c27-21(16-8-9-16)24-10-12-25(13-11-24)22(28)18-15-26(17-5-2-1-3-6-17)23-20(18)19-7-4-14-29-19/h1-7,14-16H,8-13H2. The molecule has 0 bridgehead atoms. The van der Waals surface area contributed by atoms with Gasteiger partial charge in [0.25, 0.3) is 5.91 Å². The molecular formula is C22H22N4O2S. The number of rotatable bonds is 4. The molecule has 2 aromatic heterocycles. The zero-order valence-corrected chi connectivity index (χ0v) is 16.8. The first-order valence-corrected chi connectivity index (χ1v) is 10.9. The van der Waals surface area contributed by atoms with Gasteiger partial charge in [-0.1, -0.05) is 24.3 Å². The Morgan fingerprint density at radius 3 is 2.31 bits per heavy atom. The molecule has 0 unspecified atom stereocenters. The van der Waals surface area contributed by atoms with Gasteiger partial charge >= 0.3 is 0 Å². The molecule has 1 aliphatic heterocycles. The van der Waals surface area contributed by atoms with E-state index in [-0.39, 0.29) is 17.7 Å². The van der Waals surface area contributed by atoms with Crippen molar-refractivity contribution in [3.05, 3.63) is 59.6 Å². The topological polar surface area (TPSA) is 58.4 Å². The van der Waals surface area contributed by atoms with Crippen LogP contribution in [0.1, 0.15) is 23.2 Å². The molecule has 3 aromatic rings. The summed E-state index contributed by atoms with van der Waals surface area (Å²) in [6.07, 6.45) is 3.86. The van der Waals surface area contributed by atoms with Crippen molar-refractivity contribution in [1.29, 1.82) is 0 Å². The van der Waals surface area contributed by atoms with Crippen LogP contribution in [0.4, 0.5) is 0 Å². The van der Waals surface area contributed by atoms with E-state index in [1.54, 1.807) is 16.0 Å². The zero-order valence-electron chi connectivity index (χ0n) is 16.0. The van der Waals surface area contributed by atoms with E-state index in [4.69, 9.17) is 5.10 Å². The van der Waals surface area contributed by atoms with Gasteiger partial charge in [0.2, 0.25) is 5.91 Å². The van der Waals surface area contributed by atoms with Gasteiger partial charge in [-0.15, -0.1) is 11.3 Å². The minimum absolute atomic E-state index is 0.0193. The maximum atomic E-state index is 13.4. The summed E-state index contributed by atoms with van der Waals surface area (Å²) in [6, 6.07) is 13.8. The van der Waals surface area contributed by atoms with Gasteiger partial charge < -0.3 is 9.80 Å². The van der Waals surface area contributed by atoms with Crippen molar-refractivity contribution in [3.63, 3.8) is 0 Å². The summed E-state index contributed by atoms with van der Waals surface area (Å²) in [7, 11) is 0. The van der Waals surface area contributed by atoms with Gasteiger partial charge in [0, 0.05) is 38.3 Å². The normalized spacial score (nSPS) is 16.8. The Kier molecular flexibility index (Phi) is 4.67. The van der Waals surface area contributed by atoms with E-state index >= 15 is 0 Å². The number of piperazine rings is 1. The van der Waals surface area contributed by atoms with E-state index in [0.717, 1.165) is 23.4 Å². The number of carbonyl (C=O) groups is 2. The van der Waals surface area contributed by atoms with Crippen LogP contribution in [0, 0.1) is 5.92 Å². The summed E-state index contributed by atoms with van der Waals surface area (Å²) in [5.74, 6) is 0.467. The van der Waals surface area contributed by atoms with Gasteiger partial charge in [0.05, 0.1) is 16.1 Å². The molecule has 1 saturated heterocycles. The number of thiophene rings is 1. The third kappa shape index (κ3) is 3.58. The number of hydrogen-bond donors (Lipinski definition) is 0. The van der Waals surface area contributed by atoms with Crippen LogP contribution in [0.25, 0.3) is 16.3 Å². The number of benzene rings is 1. The van der Waals surface area contributed by atoms with E-state index in [1.807, 2.05) is 63.8 Å². The molecule has 29 heavy (non-hydrogen) atoms. The predicted octanol–water partition coefficient (Wildman–Crippen LogP) is 3.30. The Hall–Kier alpha value is -2.93. The maximum absolute atomic E-state index is 13.4. The fourth-order valence-corrected chi connectivity index (χ4v) is 4.45. The van der Waals surface area contributed by atoms with E-state index in [1.165, 1.54) is 0 Å². The average molecular weight is 407 g/mol. The summed E-state index contributed by atoms with van der Waals surface area (Å²) < 4.78 is 1.77. The highest BCUT2D eigenvalue weighted by Gasteiger charge is 2.35. The molecule has 0 radical (unpaired) electrons. The Bertz CT molecular complexity index is 1020. The van der Waals surface area contributed by atoms with E-state index < -0.39 is 0 Å². The van der Waals surface area contributed by atoms with Crippen LogP contribution in [-0.2, 0) is 4.79 Å². The fraction of sp³-hybridized carbons (Fsp3) is 0.318. The van der Waals surface area contributed by atoms with Crippen LogP contribution >= 0.6 is 11.3 Å². The number of hydrogen-bond acceptors (Lipinski definition) is 4. The second-order valence-electron chi connectivity index (χ2n) is 7.54. The van der Waals surface area contributed by atoms with E-state index in [2.05, 4.69) is 0 Å². The molecular weight excluding hydrogens is 384 g/mol. The second kappa shape index (κ2) is 7.48. The molecule has 2 amide bonds. The summed E-state index contributed by atoms with van der Waals surface area (Å²) in [6.45, 7) is 2.36. The highest BCUT2D eigenvalue weighted by molar-refractivity contribution is 7.13. The first kappa shape index (κ1) is 18.1. The third-order valence-corrected chi connectivity index (χ3v) is 6.40. The molecule has 1 saturated carbocycles. The van der Waals surface area contributed by atoms with Crippen molar-refractivity contribution in [2.45, 2.75) is 12.8 Å². The number of aromatic nitrogens is 2. The van der Waals surface area contributed by atoms with Crippen LogP contribution < -0.4 is 0 Å². The lowest BCUT2D eigenvalue weighted by atomic mass is 10.1. The van der Waals surface area contributed by atoms with Gasteiger partial charge in [-0.25, -0.2) is 4.68 Å². The molecule has 3 heterocycles.